The number of hydrogen-bond donors (Lipinski definition) is 1. The fraction of sp³-hybridized carbons (Fsp3) is 0.0417. The smallest absolute Gasteiger partial charge is 0.267 e. The Morgan fingerprint density at radius 2 is 1.53 bits per heavy atom. The Morgan fingerprint density at radius 3 is 2.25 bits per heavy atom. The van der Waals surface area contributed by atoms with Gasteiger partial charge in [0.05, 0.1) is 16.8 Å². The summed E-state index contributed by atoms with van der Waals surface area (Å²) in [4.78, 5) is 17.7. The Hall–Kier alpha value is -4.04. The molecule has 3 heterocycles. The normalized spacial score (nSPS) is 11.8. The molecule has 158 valence electrons. The van der Waals surface area contributed by atoms with Gasteiger partial charge in [-0.15, -0.1) is 0 Å². The molecule has 0 atom stereocenters. The molecule has 0 bridgehead atoms. The van der Waals surface area contributed by atoms with Crippen LogP contribution < -0.4 is 11.0 Å². The maximum absolute atomic E-state index is 13.4. The van der Waals surface area contributed by atoms with Gasteiger partial charge >= 0.3 is 0 Å². The molecule has 0 saturated carbocycles. The van der Waals surface area contributed by atoms with E-state index in [1.807, 2.05) is 30.3 Å². The first-order chi connectivity index (χ1) is 15.5. The summed E-state index contributed by atoms with van der Waals surface area (Å²) < 4.78 is 29.7. The second-order valence-corrected chi connectivity index (χ2v) is 9.25. The van der Waals surface area contributed by atoms with Gasteiger partial charge in [0.25, 0.3) is 5.56 Å². The van der Waals surface area contributed by atoms with Crippen LogP contribution in [0.25, 0.3) is 16.7 Å². The van der Waals surface area contributed by atoms with E-state index in [4.69, 9.17) is 5.41 Å². The van der Waals surface area contributed by atoms with Crippen molar-refractivity contribution < 1.29 is 8.42 Å². The third-order valence-corrected chi connectivity index (χ3v) is 7.09. The zero-order valence-electron chi connectivity index (χ0n) is 16.8. The summed E-state index contributed by atoms with van der Waals surface area (Å²) in [6.45, 7) is 0.198. The van der Waals surface area contributed by atoms with E-state index in [-0.39, 0.29) is 32.9 Å². The Labute approximate surface area is 183 Å². The molecule has 3 aromatic heterocycles. The van der Waals surface area contributed by atoms with Crippen molar-refractivity contribution in [1.82, 2.24) is 14.0 Å². The van der Waals surface area contributed by atoms with E-state index in [0.717, 1.165) is 5.56 Å². The monoisotopic (exact) mass is 442 g/mol. The summed E-state index contributed by atoms with van der Waals surface area (Å²) in [5.74, 6) is 0. The van der Waals surface area contributed by atoms with E-state index >= 15 is 0 Å². The highest BCUT2D eigenvalue weighted by Crippen LogP contribution is 2.21. The first-order valence-electron chi connectivity index (χ1n) is 9.90. The van der Waals surface area contributed by atoms with Crippen molar-refractivity contribution in [1.29, 1.82) is 5.41 Å². The highest BCUT2D eigenvalue weighted by Gasteiger charge is 2.24. The molecule has 0 saturated heterocycles. The number of hydrogen-bond acceptors (Lipinski definition) is 5. The van der Waals surface area contributed by atoms with Crippen molar-refractivity contribution in [2.75, 3.05) is 0 Å². The molecule has 0 aliphatic carbocycles. The Bertz CT molecular complexity index is 1690. The molecule has 5 aromatic rings. The fourth-order valence-electron chi connectivity index (χ4n) is 3.71. The second kappa shape index (κ2) is 7.58. The summed E-state index contributed by atoms with van der Waals surface area (Å²) in [7, 11) is -4.03. The molecule has 5 rings (SSSR count). The molecule has 7 nitrogen and oxygen atoms in total. The van der Waals surface area contributed by atoms with Crippen molar-refractivity contribution in [3.63, 3.8) is 0 Å². The first kappa shape index (κ1) is 19.9. The van der Waals surface area contributed by atoms with Crippen molar-refractivity contribution in [2.24, 2.45) is 0 Å². The zero-order chi connectivity index (χ0) is 22.3. The molecule has 0 radical (unpaired) electrons. The summed E-state index contributed by atoms with van der Waals surface area (Å²) >= 11 is 0. The number of rotatable bonds is 4. The van der Waals surface area contributed by atoms with Gasteiger partial charge in [-0.3, -0.25) is 14.6 Å². The lowest BCUT2D eigenvalue weighted by Crippen LogP contribution is -2.30. The first-order valence-corrected chi connectivity index (χ1v) is 11.4. The van der Waals surface area contributed by atoms with Crippen LogP contribution in [0.3, 0.4) is 0 Å². The molecule has 0 spiro atoms. The lowest BCUT2D eigenvalue weighted by atomic mass is 10.2. The van der Waals surface area contributed by atoms with Crippen LogP contribution in [0, 0.1) is 5.41 Å². The van der Waals surface area contributed by atoms with Gasteiger partial charge in [-0.05, 0) is 35.9 Å². The minimum atomic E-state index is -4.03. The molecule has 0 amide bonds. The highest BCUT2D eigenvalue weighted by atomic mass is 32.2. The predicted molar refractivity (Wildman–Crippen MR) is 120 cm³/mol. The molecular weight excluding hydrogens is 424 g/mol. The van der Waals surface area contributed by atoms with Gasteiger partial charge in [-0.1, -0.05) is 54.6 Å². The molecule has 32 heavy (non-hydrogen) atoms. The third-order valence-electron chi connectivity index (χ3n) is 5.31. The maximum atomic E-state index is 13.4. The summed E-state index contributed by atoms with van der Waals surface area (Å²) in [5, 5.41) is 8.93. The van der Waals surface area contributed by atoms with Crippen LogP contribution >= 0.6 is 0 Å². The van der Waals surface area contributed by atoms with Gasteiger partial charge < -0.3 is 4.57 Å². The largest absolute Gasteiger partial charge is 0.305 e. The Kier molecular flexibility index (Phi) is 4.71. The molecule has 0 unspecified atom stereocenters. The third kappa shape index (κ3) is 3.21. The number of fused-ring (bicyclic) bond motifs is 2. The van der Waals surface area contributed by atoms with Gasteiger partial charge in [0.15, 0.2) is 0 Å². The minimum absolute atomic E-state index is 0.0629. The average molecular weight is 443 g/mol. The van der Waals surface area contributed by atoms with E-state index in [1.165, 1.54) is 27.2 Å². The van der Waals surface area contributed by atoms with Crippen LogP contribution in [0.4, 0.5) is 0 Å². The summed E-state index contributed by atoms with van der Waals surface area (Å²) in [5.41, 5.74) is 0.929. The van der Waals surface area contributed by atoms with Crippen LogP contribution in [-0.2, 0) is 16.4 Å². The van der Waals surface area contributed by atoms with Crippen LogP contribution in [-0.4, -0.2) is 22.4 Å². The van der Waals surface area contributed by atoms with Crippen molar-refractivity contribution in [2.45, 2.75) is 16.3 Å². The maximum Gasteiger partial charge on any atom is 0.267 e. The van der Waals surface area contributed by atoms with E-state index < -0.39 is 15.4 Å². The fourth-order valence-corrected chi connectivity index (χ4v) is 5.12. The Morgan fingerprint density at radius 1 is 0.875 bits per heavy atom. The molecular formula is C24H18N4O3S. The van der Waals surface area contributed by atoms with Crippen LogP contribution in [0.5, 0.6) is 0 Å². The number of aromatic nitrogens is 3. The van der Waals surface area contributed by atoms with Crippen LogP contribution in [0.15, 0.2) is 106 Å². The van der Waals surface area contributed by atoms with Crippen molar-refractivity contribution in [3.05, 3.63) is 113 Å². The van der Waals surface area contributed by atoms with Gasteiger partial charge in [0.2, 0.25) is 9.84 Å². The summed E-state index contributed by atoms with van der Waals surface area (Å²) in [6, 6.07) is 23.7. The van der Waals surface area contributed by atoms with Crippen LogP contribution in [0.2, 0.25) is 0 Å². The SMILES string of the molecule is N=c1c(S(=O)(=O)c2ccccc2)cc2c(=O)n3ccccc3nc2n1Cc1ccccc1. The molecule has 0 fully saturated rings. The molecule has 8 heteroatoms. The predicted octanol–water partition coefficient (Wildman–Crippen LogP) is 3.01. The molecule has 2 aromatic carbocycles. The molecule has 0 aliphatic heterocycles. The van der Waals surface area contributed by atoms with E-state index in [2.05, 4.69) is 4.98 Å². The molecule has 0 aliphatic rings. The van der Waals surface area contributed by atoms with Crippen molar-refractivity contribution >= 4 is 26.5 Å². The van der Waals surface area contributed by atoms with E-state index in [0.29, 0.717) is 5.65 Å². The zero-order valence-corrected chi connectivity index (χ0v) is 17.7. The number of nitrogens with zero attached hydrogens (tertiary/aromatic N) is 3. The minimum Gasteiger partial charge on any atom is -0.305 e. The van der Waals surface area contributed by atoms with Gasteiger partial charge in [-0.25, -0.2) is 13.4 Å². The van der Waals surface area contributed by atoms with Crippen molar-refractivity contribution in [3.8, 4) is 0 Å². The Balaban J connectivity index is 1.90. The lowest BCUT2D eigenvalue weighted by Gasteiger charge is -2.15. The van der Waals surface area contributed by atoms with E-state index in [9.17, 15) is 13.2 Å². The van der Waals surface area contributed by atoms with Crippen LogP contribution in [0.1, 0.15) is 5.56 Å². The summed E-state index contributed by atoms with van der Waals surface area (Å²) in [6.07, 6.45) is 1.59. The molecule has 1 N–H and O–H groups in total. The number of pyridine rings is 2. The average Bonchev–Trinajstić information content (AvgIpc) is 2.82. The highest BCUT2D eigenvalue weighted by molar-refractivity contribution is 7.91. The standard InChI is InChI=1S/C24H18N4O3S/c25-22-20(32(30,31)18-11-5-2-6-12-18)15-19-23(28(22)16-17-9-3-1-4-10-17)26-21-13-7-8-14-27(21)24(19)29/h1-15,25H,16H2. The van der Waals surface area contributed by atoms with Gasteiger partial charge in [-0.2, -0.15) is 0 Å². The van der Waals surface area contributed by atoms with E-state index in [1.54, 1.807) is 42.6 Å². The number of benzene rings is 2. The topological polar surface area (TPSA) is 97.3 Å². The van der Waals surface area contributed by atoms with Gasteiger partial charge in [0, 0.05) is 6.20 Å². The number of sulfone groups is 1. The second-order valence-electron chi connectivity index (χ2n) is 7.33. The van der Waals surface area contributed by atoms with Gasteiger partial charge in [0.1, 0.15) is 21.7 Å². The quantitative estimate of drug-likeness (QED) is 0.433. The number of nitrogens with one attached hydrogen (secondary N) is 1. The lowest BCUT2D eigenvalue weighted by molar-refractivity contribution is 0.591.